The average Bonchev–Trinajstić information content (AvgIpc) is 2.28. The third kappa shape index (κ3) is 6.07. The summed E-state index contributed by atoms with van der Waals surface area (Å²) in [5.74, 6) is -2.20. The molecule has 5 heteroatoms. The lowest BCUT2D eigenvalue weighted by atomic mass is 9.89. The molecular weight excluding hydrogens is 242 g/mol. The summed E-state index contributed by atoms with van der Waals surface area (Å²) in [6.45, 7) is 2.99. The van der Waals surface area contributed by atoms with Gasteiger partial charge in [0.15, 0.2) is 0 Å². The van der Waals surface area contributed by atoms with Gasteiger partial charge in [0.25, 0.3) is 0 Å². The number of aldehydes is 1. The first-order chi connectivity index (χ1) is 8.43. The Morgan fingerprint density at radius 2 is 1.94 bits per heavy atom. The number of methoxy groups -OCH3 is 1. The molecule has 106 valence electrons. The normalized spacial score (nSPS) is 17.6. The van der Waals surface area contributed by atoms with Crippen LogP contribution < -0.4 is 0 Å². The molecule has 3 nitrogen and oxygen atoms in total. The molecule has 0 saturated heterocycles. The molecule has 0 aliphatic rings. The molecule has 0 bridgehead atoms. The fraction of sp³-hybridized carbons (Fsp3) is 0.846. The monoisotopic (exact) mass is 264 g/mol. The van der Waals surface area contributed by atoms with Gasteiger partial charge in [-0.1, -0.05) is 13.3 Å². The summed E-state index contributed by atoms with van der Waals surface area (Å²) in [6.07, 6.45) is -0.383. The van der Waals surface area contributed by atoms with E-state index >= 15 is 0 Å². The van der Waals surface area contributed by atoms with E-state index in [2.05, 4.69) is 4.74 Å². The molecule has 4 atom stereocenters. The first-order valence-corrected chi connectivity index (χ1v) is 6.23. The predicted octanol–water partition coefficient (Wildman–Crippen LogP) is 2.87. The molecule has 18 heavy (non-hydrogen) atoms. The first kappa shape index (κ1) is 17.0. The van der Waals surface area contributed by atoms with Crippen LogP contribution in [0.2, 0.25) is 0 Å². The molecule has 0 aromatic rings. The van der Waals surface area contributed by atoms with E-state index in [1.165, 1.54) is 0 Å². The molecule has 0 rings (SSSR count). The topological polar surface area (TPSA) is 43.4 Å². The van der Waals surface area contributed by atoms with Gasteiger partial charge < -0.3 is 9.53 Å². The third-order valence-electron chi connectivity index (χ3n) is 3.00. The lowest BCUT2D eigenvalue weighted by Crippen LogP contribution is -2.34. The summed E-state index contributed by atoms with van der Waals surface area (Å²) in [5, 5.41) is 0. The Bertz CT molecular complexity index is 257. The fourth-order valence-corrected chi connectivity index (χ4v) is 1.96. The van der Waals surface area contributed by atoms with E-state index < -0.39 is 24.2 Å². The van der Waals surface area contributed by atoms with Crippen molar-refractivity contribution in [2.75, 3.05) is 7.11 Å². The molecule has 0 radical (unpaired) electrons. The molecule has 0 saturated carbocycles. The van der Waals surface area contributed by atoms with Gasteiger partial charge in [-0.3, -0.25) is 4.79 Å². The highest BCUT2D eigenvalue weighted by atomic mass is 19.1. The number of halogens is 2. The molecule has 0 aromatic carbocycles. The van der Waals surface area contributed by atoms with E-state index in [1.807, 2.05) is 6.92 Å². The van der Waals surface area contributed by atoms with Crippen molar-refractivity contribution in [3.05, 3.63) is 0 Å². The van der Waals surface area contributed by atoms with Gasteiger partial charge in [0.05, 0.1) is 7.11 Å². The van der Waals surface area contributed by atoms with Gasteiger partial charge in [0.2, 0.25) is 0 Å². The lowest BCUT2D eigenvalue weighted by molar-refractivity contribution is -0.150. The number of alkyl halides is 2. The van der Waals surface area contributed by atoms with Gasteiger partial charge in [-0.2, -0.15) is 0 Å². The lowest BCUT2D eigenvalue weighted by Gasteiger charge is -2.22. The van der Waals surface area contributed by atoms with Gasteiger partial charge >= 0.3 is 5.97 Å². The van der Waals surface area contributed by atoms with Crippen LogP contribution in [0.3, 0.4) is 0 Å². The Hall–Kier alpha value is -1.00. The SMILES string of the molecule is COC(=O)C(C(C)F)C(F)CC(C)CCCC=O. The molecule has 0 N–H and O–H groups in total. The van der Waals surface area contributed by atoms with E-state index in [0.29, 0.717) is 19.3 Å². The molecule has 0 aliphatic heterocycles. The number of rotatable bonds is 9. The molecule has 0 spiro atoms. The third-order valence-corrected chi connectivity index (χ3v) is 3.00. The smallest absolute Gasteiger partial charge is 0.314 e. The van der Waals surface area contributed by atoms with Crippen molar-refractivity contribution in [3.63, 3.8) is 0 Å². The molecule has 0 fully saturated rings. The van der Waals surface area contributed by atoms with Gasteiger partial charge in [-0.05, 0) is 25.7 Å². The minimum Gasteiger partial charge on any atom is -0.469 e. The summed E-state index contributed by atoms with van der Waals surface area (Å²) < 4.78 is 31.5. The Kier molecular flexibility index (Phi) is 8.50. The number of esters is 1. The summed E-state index contributed by atoms with van der Waals surface area (Å²) in [4.78, 5) is 21.4. The predicted molar refractivity (Wildman–Crippen MR) is 64.7 cm³/mol. The van der Waals surface area contributed by atoms with Crippen molar-refractivity contribution in [1.82, 2.24) is 0 Å². The van der Waals surface area contributed by atoms with Crippen molar-refractivity contribution in [1.29, 1.82) is 0 Å². The van der Waals surface area contributed by atoms with Gasteiger partial charge in [0.1, 0.15) is 24.5 Å². The fourth-order valence-electron chi connectivity index (χ4n) is 1.96. The molecule has 0 aliphatic carbocycles. The number of carbonyl (C=O) groups is 2. The van der Waals surface area contributed by atoms with Crippen molar-refractivity contribution in [2.24, 2.45) is 11.8 Å². The maximum atomic E-state index is 13.9. The first-order valence-electron chi connectivity index (χ1n) is 6.23. The number of hydrogen-bond acceptors (Lipinski definition) is 3. The Labute approximate surface area is 107 Å². The minimum atomic E-state index is -1.57. The van der Waals surface area contributed by atoms with Crippen LogP contribution in [-0.2, 0) is 14.3 Å². The largest absolute Gasteiger partial charge is 0.469 e. The van der Waals surface area contributed by atoms with Crippen molar-refractivity contribution >= 4 is 12.3 Å². The number of carbonyl (C=O) groups excluding carboxylic acids is 2. The maximum absolute atomic E-state index is 13.9. The summed E-state index contributed by atoms with van der Waals surface area (Å²) in [7, 11) is 1.12. The second kappa shape index (κ2) is 9.00. The van der Waals surface area contributed by atoms with Crippen LogP contribution in [0.15, 0.2) is 0 Å². The molecule has 4 unspecified atom stereocenters. The highest BCUT2D eigenvalue weighted by molar-refractivity contribution is 5.73. The highest BCUT2D eigenvalue weighted by Gasteiger charge is 2.35. The van der Waals surface area contributed by atoms with Gasteiger partial charge in [-0.25, -0.2) is 8.78 Å². The van der Waals surface area contributed by atoms with Gasteiger partial charge in [-0.15, -0.1) is 0 Å². The average molecular weight is 264 g/mol. The second-order valence-corrected chi connectivity index (χ2v) is 4.68. The van der Waals surface area contributed by atoms with Crippen LogP contribution in [0.1, 0.15) is 39.5 Å². The Morgan fingerprint density at radius 3 is 2.39 bits per heavy atom. The van der Waals surface area contributed by atoms with Crippen LogP contribution in [0.5, 0.6) is 0 Å². The van der Waals surface area contributed by atoms with Crippen LogP contribution in [0.4, 0.5) is 8.78 Å². The number of unbranched alkanes of at least 4 members (excludes halogenated alkanes) is 1. The summed E-state index contributed by atoms with van der Waals surface area (Å²) in [6, 6.07) is 0. The molecular formula is C13H22F2O3. The van der Waals surface area contributed by atoms with Crippen molar-refractivity contribution in [2.45, 2.75) is 51.9 Å². The van der Waals surface area contributed by atoms with Crippen LogP contribution >= 0.6 is 0 Å². The minimum absolute atomic E-state index is 0.00542. The van der Waals surface area contributed by atoms with E-state index in [1.54, 1.807) is 0 Å². The summed E-state index contributed by atoms with van der Waals surface area (Å²) >= 11 is 0. The van der Waals surface area contributed by atoms with Crippen molar-refractivity contribution in [3.8, 4) is 0 Å². The number of ether oxygens (including phenoxy) is 1. The zero-order valence-corrected chi connectivity index (χ0v) is 11.2. The second-order valence-electron chi connectivity index (χ2n) is 4.68. The Balaban J connectivity index is 4.28. The standard InChI is InChI=1S/C13H22F2O3/c1-9(6-4-5-7-16)8-11(15)12(10(2)14)13(17)18-3/h7,9-12H,4-6,8H2,1-3H3. The zero-order valence-electron chi connectivity index (χ0n) is 11.2. The highest BCUT2D eigenvalue weighted by Crippen LogP contribution is 2.25. The molecule has 0 heterocycles. The summed E-state index contributed by atoms with van der Waals surface area (Å²) in [5.41, 5.74) is 0. The van der Waals surface area contributed by atoms with Crippen LogP contribution in [0, 0.1) is 11.8 Å². The Morgan fingerprint density at radius 1 is 1.33 bits per heavy atom. The van der Waals surface area contributed by atoms with Crippen molar-refractivity contribution < 1.29 is 23.1 Å². The maximum Gasteiger partial charge on any atom is 0.314 e. The van der Waals surface area contributed by atoms with E-state index in [0.717, 1.165) is 20.3 Å². The quantitative estimate of drug-likeness (QED) is 0.365. The van der Waals surface area contributed by atoms with Gasteiger partial charge in [0, 0.05) is 6.42 Å². The molecule has 0 amide bonds. The number of hydrogen-bond donors (Lipinski definition) is 0. The van der Waals surface area contributed by atoms with E-state index in [9.17, 15) is 18.4 Å². The van der Waals surface area contributed by atoms with E-state index in [-0.39, 0.29) is 12.3 Å². The zero-order chi connectivity index (χ0) is 14.1. The van der Waals surface area contributed by atoms with E-state index in [4.69, 9.17) is 0 Å². The van der Waals surface area contributed by atoms with Crippen LogP contribution in [-0.4, -0.2) is 31.7 Å². The van der Waals surface area contributed by atoms with Crippen LogP contribution in [0.25, 0.3) is 0 Å². The molecule has 0 aromatic heterocycles.